The van der Waals surface area contributed by atoms with E-state index in [2.05, 4.69) is 16.3 Å². The van der Waals surface area contributed by atoms with Gasteiger partial charge in [-0.2, -0.15) is 8.42 Å². The number of halogens is 1. The Kier molecular flexibility index (Phi) is 6.59. The minimum atomic E-state index is -3.78. The van der Waals surface area contributed by atoms with Crippen LogP contribution in [-0.2, 0) is 27.3 Å². The van der Waals surface area contributed by atoms with E-state index in [1.807, 2.05) is 42.7 Å². The van der Waals surface area contributed by atoms with Gasteiger partial charge < -0.3 is 0 Å². The molecule has 0 aliphatic carbocycles. The van der Waals surface area contributed by atoms with Gasteiger partial charge >= 0.3 is 0 Å². The van der Waals surface area contributed by atoms with Gasteiger partial charge in [0.05, 0.1) is 17.2 Å². The first-order valence-corrected chi connectivity index (χ1v) is 13.7. The van der Waals surface area contributed by atoms with Crippen molar-refractivity contribution in [1.82, 2.24) is 14.8 Å². The molecule has 4 aromatic rings. The molecule has 2 aromatic heterocycles. The highest BCUT2D eigenvalue weighted by atomic mass is 35.5. The molecule has 0 spiro atoms. The molecule has 2 aromatic carbocycles. The van der Waals surface area contributed by atoms with Crippen LogP contribution in [0.4, 0.5) is 0 Å². The minimum absolute atomic E-state index is 0.0984. The van der Waals surface area contributed by atoms with E-state index in [4.69, 9.17) is 20.8 Å². The van der Waals surface area contributed by atoms with Gasteiger partial charge in [-0.1, -0.05) is 47.5 Å². The van der Waals surface area contributed by atoms with Crippen LogP contribution in [0.2, 0.25) is 5.02 Å². The van der Waals surface area contributed by atoms with Crippen LogP contribution in [0.15, 0.2) is 64.5 Å². The molecule has 7 nitrogen and oxygen atoms in total. The van der Waals surface area contributed by atoms with E-state index >= 15 is 0 Å². The summed E-state index contributed by atoms with van der Waals surface area (Å²) in [6, 6.07) is 16.4. The third-order valence-corrected chi connectivity index (χ3v) is 8.57. The van der Waals surface area contributed by atoms with E-state index in [-0.39, 0.29) is 11.5 Å². The van der Waals surface area contributed by atoms with Crippen molar-refractivity contribution in [3.8, 4) is 5.00 Å². The Balaban J connectivity index is 1.38. The molecular weight excluding hydrogens is 504 g/mol. The Morgan fingerprint density at radius 3 is 2.60 bits per heavy atom. The molecule has 0 saturated carbocycles. The zero-order chi connectivity index (χ0) is 24.6. The standard InChI is InChI=1S/C25H23ClN4O3S2/c1-16-9-11-19(12-10-16)35(31,32)33-13-5-6-18-14-21-24(20-7-3-4-8-22(20)26)27-15-23-29-28-17(2)30(23)25(21)34-18/h3-4,7-12,14H,5-6,13,15H2,1-2H3. The normalized spacial score (nSPS) is 13.2. The average Bonchev–Trinajstić information content (AvgIpc) is 3.37. The summed E-state index contributed by atoms with van der Waals surface area (Å²) < 4.78 is 32.2. The molecule has 5 rings (SSSR count). The second-order valence-electron chi connectivity index (χ2n) is 8.27. The molecule has 180 valence electrons. The van der Waals surface area contributed by atoms with Crippen molar-refractivity contribution in [2.24, 2.45) is 4.99 Å². The zero-order valence-electron chi connectivity index (χ0n) is 19.2. The van der Waals surface area contributed by atoms with Gasteiger partial charge in [-0.15, -0.1) is 21.5 Å². The minimum Gasteiger partial charge on any atom is -0.276 e. The lowest BCUT2D eigenvalue weighted by molar-refractivity contribution is 0.312. The van der Waals surface area contributed by atoms with E-state index in [0.717, 1.165) is 43.9 Å². The van der Waals surface area contributed by atoms with E-state index in [0.29, 0.717) is 24.4 Å². The number of fused-ring (bicyclic) bond motifs is 3. The number of rotatable bonds is 7. The second-order valence-corrected chi connectivity index (χ2v) is 11.4. The third-order valence-electron chi connectivity index (χ3n) is 5.74. The number of benzene rings is 2. The molecule has 0 unspecified atom stereocenters. The van der Waals surface area contributed by atoms with Crippen LogP contribution in [0.1, 0.15) is 39.6 Å². The summed E-state index contributed by atoms with van der Waals surface area (Å²) in [4.78, 5) is 6.10. The summed E-state index contributed by atoms with van der Waals surface area (Å²) in [6.07, 6.45) is 1.21. The molecule has 0 N–H and O–H groups in total. The van der Waals surface area contributed by atoms with Crippen molar-refractivity contribution < 1.29 is 12.6 Å². The van der Waals surface area contributed by atoms with E-state index in [1.54, 1.807) is 35.6 Å². The maximum atomic E-state index is 12.5. The third kappa shape index (κ3) is 4.81. The summed E-state index contributed by atoms with van der Waals surface area (Å²) in [5, 5.41) is 10.2. The number of aliphatic imine (C=N–C) groups is 1. The largest absolute Gasteiger partial charge is 0.296 e. The smallest absolute Gasteiger partial charge is 0.276 e. The summed E-state index contributed by atoms with van der Waals surface area (Å²) in [5.74, 6) is 1.56. The first-order chi connectivity index (χ1) is 16.8. The summed E-state index contributed by atoms with van der Waals surface area (Å²) in [5.41, 5.74) is 3.64. The quantitative estimate of drug-likeness (QED) is 0.241. The van der Waals surface area contributed by atoms with Crippen molar-refractivity contribution in [3.63, 3.8) is 0 Å². The van der Waals surface area contributed by atoms with E-state index in [9.17, 15) is 8.42 Å². The molecular formula is C25H23ClN4O3S2. The Morgan fingerprint density at radius 2 is 1.83 bits per heavy atom. The zero-order valence-corrected chi connectivity index (χ0v) is 21.6. The van der Waals surface area contributed by atoms with Crippen LogP contribution in [0, 0.1) is 13.8 Å². The predicted octanol–water partition coefficient (Wildman–Crippen LogP) is 5.29. The fourth-order valence-electron chi connectivity index (χ4n) is 3.97. The molecule has 0 atom stereocenters. The van der Waals surface area contributed by atoms with E-state index < -0.39 is 10.1 Å². The molecule has 0 bridgehead atoms. The summed E-state index contributed by atoms with van der Waals surface area (Å²) >= 11 is 8.14. The predicted molar refractivity (Wildman–Crippen MR) is 137 cm³/mol. The first-order valence-electron chi connectivity index (χ1n) is 11.1. The monoisotopic (exact) mass is 526 g/mol. The lowest BCUT2D eigenvalue weighted by atomic mass is 10.0. The topological polar surface area (TPSA) is 86.4 Å². The van der Waals surface area contributed by atoms with Gasteiger partial charge in [0, 0.05) is 21.0 Å². The summed E-state index contributed by atoms with van der Waals surface area (Å²) in [7, 11) is -3.78. The molecule has 0 amide bonds. The van der Waals surface area contributed by atoms with Gasteiger partial charge in [-0.3, -0.25) is 13.7 Å². The van der Waals surface area contributed by atoms with Gasteiger partial charge in [-0.25, -0.2) is 0 Å². The van der Waals surface area contributed by atoms with Crippen LogP contribution in [0.3, 0.4) is 0 Å². The Morgan fingerprint density at radius 1 is 1.06 bits per heavy atom. The van der Waals surface area contributed by atoms with Gasteiger partial charge in [0.15, 0.2) is 5.82 Å². The van der Waals surface area contributed by atoms with Gasteiger partial charge in [0.25, 0.3) is 10.1 Å². The number of aromatic nitrogens is 3. The lowest BCUT2D eigenvalue weighted by Crippen LogP contribution is -2.08. The highest BCUT2D eigenvalue weighted by Crippen LogP contribution is 2.35. The molecule has 35 heavy (non-hydrogen) atoms. The van der Waals surface area contributed by atoms with Gasteiger partial charge in [0.1, 0.15) is 17.4 Å². The lowest BCUT2D eigenvalue weighted by Gasteiger charge is -2.08. The highest BCUT2D eigenvalue weighted by Gasteiger charge is 2.25. The molecule has 3 heterocycles. The van der Waals surface area contributed by atoms with Crippen molar-refractivity contribution in [3.05, 3.63) is 92.8 Å². The second kappa shape index (κ2) is 9.66. The van der Waals surface area contributed by atoms with Gasteiger partial charge in [0.2, 0.25) is 0 Å². The maximum Gasteiger partial charge on any atom is 0.296 e. The van der Waals surface area contributed by atoms with Crippen LogP contribution in [-0.4, -0.2) is 35.5 Å². The van der Waals surface area contributed by atoms with Crippen molar-refractivity contribution in [2.45, 2.75) is 38.1 Å². The SMILES string of the molecule is Cc1ccc(S(=O)(=O)OCCCc2cc3c(s2)-n2c(C)nnc2CN=C3c2ccccc2Cl)cc1. The average molecular weight is 527 g/mol. The fraction of sp³-hybridized carbons (Fsp3) is 0.240. The van der Waals surface area contributed by atoms with Crippen molar-refractivity contribution >= 4 is 38.8 Å². The number of thiophene rings is 1. The number of hydrogen-bond donors (Lipinski definition) is 0. The van der Waals surface area contributed by atoms with Crippen LogP contribution >= 0.6 is 22.9 Å². The number of hydrogen-bond acceptors (Lipinski definition) is 7. The summed E-state index contributed by atoms with van der Waals surface area (Å²) in [6.45, 7) is 4.33. The van der Waals surface area contributed by atoms with Crippen molar-refractivity contribution in [1.29, 1.82) is 0 Å². The van der Waals surface area contributed by atoms with E-state index in [1.165, 1.54) is 0 Å². The maximum absolute atomic E-state index is 12.5. The van der Waals surface area contributed by atoms with Crippen LogP contribution in [0.5, 0.6) is 0 Å². The number of aryl methyl sites for hydroxylation is 3. The molecule has 0 fully saturated rings. The molecule has 10 heteroatoms. The molecule has 1 aliphatic heterocycles. The molecule has 1 aliphatic rings. The van der Waals surface area contributed by atoms with Gasteiger partial charge in [-0.05, 0) is 51.0 Å². The molecule has 0 saturated heterocycles. The first kappa shape index (κ1) is 23.9. The highest BCUT2D eigenvalue weighted by molar-refractivity contribution is 7.86. The van der Waals surface area contributed by atoms with Crippen LogP contribution in [0.25, 0.3) is 5.00 Å². The fourth-order valence-corrected chi connectivity index (χ4v) is 6.40. The Bertz CT molecular complexity index is 1520. The van der Waals surface area contributed by atoms with Crippen LogP contribution < -0.4 is 0 Å². The Labute approximate surface area is 213 Å². The molecule has 0 radical (unpaired) electrons. The van der Waals surface area contributed by atoms with Crippen molar-refractivity contribution in [2.75, 3.05) is 6.61 Å². The Hall–Kier alpha value is -2.85. The number of nitrogens with zero attached hydrogens (tertiary/aromatic N) is 4.